The van der Waals surface area contributed by atoms with Crippen molar-refractivity contribution in [2.75, 3.05) is 18.8 Å². The van der Waals surface area contributed by atoms with Gasteiger partial charge in [0.15, 0.2) is 0 Å². The smallest absolute Gasteiger partial charge is 0.232 e. The van der Waals surface area contributed by atoms with Crippen LogP contribution in [0.15, 0.2) is 23.1 Å². The molecule has 1 rings (SSSR count). The molecule has 0 bridgehead atoms. The van der Waals surface area contributed by atoms with E-state index in [0.29, 0.717) is 5.75 Å². The van der Waals surface area contributed by atoms with Gasteiger partial charge in [0, 0.05) is 18.0 Å². The summed E-state index contributed by atoms with van der Waals surface area (Å²) in [6, 6.07) is 6.39. The highest BCUT2D eigenvalue weighted by Crippen LogP contribution is 2.23. The van der Waals surface area contributed by atoms with E-state index >= 15 is 0 Å². The number of hydrogen-bond donors (Lipinski definition) is 0. The Kier molecular flexibility index (Phi) is 7.00. The zero-order valence-corrected chi connectivity index (χ0v) is 13.3. The number of thioether (sulfide) groups is 1. The largest absolute Gasteiger partial charge is 0.342 e. The minimum Gasteiger partial charge on any atom is -0.342 e. The second-order valence-electron chi connectivity index (χ2n) is 4.94. The molecule has 0 spiro atoms. The fourth-order valence-corrected chi connectivity index (χ4v) is 3.01. The van der Waals surface area contributed by atoms with E-state index in [0.717, 1.165) is 25.9 Å². The lowest BCUT2D eigenvalue weighted by Gasteiger charge is -2.21. The molecular formula is C16H25NOS. The van der Waals surface area contributed by atoms with Crippen LogP contribution in [-0.2, 0) is 4.79 Å². The molecule has 0 N–H and O–H groups in total. The predicted molar refractivity (Wildman–Crippen MR) is 83.8 cm³/mol. The second-order valence-corrected chi connectivity index (χ2v) is 5.96. The van der Waals surface area contributed by atoms with Crippen LogP contribution >= 0.6 is 11.8 Å². The molecule has 0 aromatic heterocycles. The van der Waals surface area contributed by atoms with E-state index in [1.54, 1.807) is 11.8 Å². The molecule has 0 heterocycles. The number of hydrogen-bond acceptors (Lipinski definition) is 2. The van der Waals surface area contributed by atoms with E-state index in [2.05, 4.69) is 45.9 Å². The third kappa shape index (κ3) is 5.27. The topological polar surface area (TPSA) is 20.3 Å². The molecule has 3 heteroatoms. The van der Waals surface area contributed by atoms with Crippen LogP contribution in [-0.4, -0.2) is 29.6 Å². The number of amides is 1. The van der Waals surface area contributed by atoms with Crippen LogP contribution in [0.2, 0.25) is 0 Å². The molecule has 2 nitrogen and oxygen atoms in total. The Balaban J connectivity index is 2.56. The molecule has 0 radical (unpaired) electrons. The average molecular weight is 279 g/mol. The number of benzene rings is 1. The van der Waals surface area contributed by atoms with Crippen molar-refractivity contribution in [1.29, 1.82) is 0 Å². The number of carbonyl (C=O) groups is 1. The SMILES string of the molecule is CCCN(CCC)C(=O)CSc1ccc(C)cc1C. The summed E-state index contributed by atoms with van der Waals surface area (Å²) in [5, 5.41) is 0. The van der Waals surface area contributed by atoms with Crippen molar-refractivity contribution in [2.45, 2.75) is 45.4 Å². The molecule has 0 aliphatic carbocycles. The van der Waals surface area contributed by atoms with Crippen molar-refractivity contribution in [3.63, 3.8) is 0 Å². The van der Waals surface area contributed by atoms with Crippen LogP contribution in [0.25, 0.3) is 0 Å². The minimum atomic E-state index is 0.258. The Labute approximate surface area is 121 Å². The standard InChI is InChI=1S/C16H25NOS/c1-5-9-17(10-6-2)16(18)12-19-15-8-7-13(3)11-14(15)4/h7-8,11H,5-6,9-10,12H2,1-4H3. The Morgan fingerprint density at radius 3 is 2.32 bits per heavy atom. The molecule has 0 unspecified atom stereocenters. The first-order valence-corrected chi connectivity index (χ1v) is 8.04. The minimum absolute atomic E-state index is 0.258. The Morgan fingerprint density at radius 1 is 1.16 bits per heavy atom. The molecule has 0 atom stereocenters. The van der Waals surface area contributed by atoms with Gasteiger partial charge in [0.2, 0.25) is 5.91 Å². The first-order valence-electron chi connectivity index (χ1n) is 7.06. The van der Waals surface area contributed by atoms with Gasteiger partial charge in [-0.05, 0) is 38.3 Å². The molecule has 19 heavy (non-hydrogen) atoms. The summed E-state index contributed by atoms with van der Waals surface area (Å²) in [5.41, 5.74) is 2.53. The van der Waals surface area contributed by atoms with E-state index in [-0.39, 0.29) is 5.91 Å². The Hall–Kier alpha value is -0.960. The average Bonchev–Trinajstić information content (AvgIpc) is 2.37. The fraction of sp³-hybridized carbons (Fsp3) is 0.562. The van der Waals surface area contributed by atoms with Crippen LogP contribution in [0.1, 0.15) is 37.8 Å². The van der Waals surface area contributed by atoms with Crippen LogP contribution < -0.4 is 0 Å². The molecule has 0 saturated heterocycles. The van der Waals surface area contributed by atoms with Gasteiger partial charge in [-0.1, -0.05) is 31.5 Å². The monoisotopic (exact) mass is 279 g/mol. The van der Waals surface area contributed by atoms with E-state index in [1.165, 1.54) is 16.0 Å². The second kappa shape index (κ2) is 8.26. The number of nitrogens with zero attached hydrogens (tertiary/aromatic N) is 1. The molecule has 0 aliphatic heterocycles. The maximum Gasteiger partial charge on any atom is 0.232 e. The van der Waals surface area contributed by atoms with E-state index in [4.69, 9.17) is 0 Å². The van der Waals surface area contributed by atoms with Gasteiger partial charge >= 0.3 is 0 Å². The van der Waals surface area contributed by atoms with Crippen molar-refractivity contribution < 1.29 is 4.79 Å². The van der Waals surface area contributed by atoms with Gasteiger partial charge in [-0.3, -0.25) is 4.79 Å². The first-order chi connectivity index (χ1) is 9.08. The summed E-state index contributed by atoms with van der Waals surface area (Å²) in [6.45, 7) is 10.2. The third-order valence-electron chi connectivity index (χ3n) is 3.02. The quantitative estimate of drug-likeness (QED) is 0.702. The number of rotatable bonds is 7. The molecule has 0 saturated carbocycles. The molecule has 1 amide bonds. The summed E-state index contributed by atoms with van der Waals surface area (Å²) in [7, 11) is 0. The lowest BCUT2D eigenvalue weighted by molar-refractivity contribution is -0.128. The van der Waals surface area contributed by atoms with Gasteiger partial charge in [-0.25, -0.2) is 0 Å². The van der Waals surface area contributed by atoms with Gasteiger partial charge in [0.1, 0.15) is 0 Å². The van der Waals surface area contributed by atoms with Crippen molar-refractivity contribution >= 4 is 17.7 Å². The molecular weight excluding hydrogens is 254 g/mol. The van der Waals surface area contributed by atoms with E-state index in [9.17, 15) is 4.79 Å². The van der Waals surface area contributed by atoms with Crippen LogP contribution in [0, 0.1) is 13.8 Å². The maximum absolute atomic E-state index is 12.2. The third-order valence-corrected chi connectivity index (χ3v) is 4.18. The normalized spacial score (nSPS) is 10.5. The van der Waals surface area contributed by atoms with Gasteiger partial charge < -0.3 is 4.90 Å². The summed E-state index contributed by atoms with van der Waals surface area (Å²) >= 11 is 1.65. The number of carbonyl (C=O) groups excluding carboxylic acids is 1. The van der Waals surface area contributed by atoms with Crippen molar-refractivity contribution in [3.8, 4) is 0 Å². The summed E-state index contributed by atoms with van der Waals surface area (Å²) in [4.78, 5) is 15.4. The van der Waals surface area contributed by atoms with Gasteiger partial charge in [-0.15, -0.1) is 11.8 Å². The molecule has 0 fully saturated rings. The van der Waals surface area contributed by atoms with Crippen molar-refractivity contribution in [1.82, 2.24) is 4.90 Å². The summed E-state index contributed by atoms with van der Waals surface area (Å²) in [6.07, 6.45) is 2.06. The van der Waals surface area contributed by atoms with Crippen LogP contribution in [0.5, 0.6) is 0 Å². The zero-order valence-electron chi connectivity index (χ0n) is 12.5. The van der Waals surface area contributed by atoms with Crippen LogP contribution in [0.4, 0.5) is 0 Å². The molecule has 1 aromatic rings. The highest BCUT2D eigenvalue weighted by atomic mass is 32.2. The van der Waals surface area contributed by atoms with Gasteiger partial charge in [0.05, 0.1) is 5.75 Å². The van der Waals surface area contributed by atoms with E-state index < -0.39 is 0 Å². The van der Waals surface area contributed by atoms with Gasteiger partial charge in [-0.2, -0.15) is 0 Å². The molecule has 0 aliphatic rings. The first kappa shape index (κ1) is 16.1. The highest BCUT2D eigenvalue weighted by Gasteiger charge is 2.12. The predicted octanol–water partition coefficient (Wildman–Crippen LogP) is 4.04. The highest BCUT2D eigenvalue weighted by molar-refractivity contribution is 8.00. The maximum atomic E-state index is 12.2. The fourth-order valence-electron chi connectivity index (χ4n) is 2.09. The van der Waals surface area contributed by atoms with E-state index in [1.807, 2.05) is 4.90 Å². The van der Waals surface area contributed by atoms with Crippen molar-refractivity contribution in [2.24, 2.45) is 0 Å². The van der Waals surface area contributed by atoms with Gasteiger partial charge in [0.25, 0.3) is 0 Å². The molecule has 1 aromatic carbocycles. The van der Waals surface area contributed by atoms with Crippen LogP contribution in [0.3, 0.4) is 0 Å². The number of aryl methyl sites for hydroxylation is 2. The Bertz CT molecular complexity index is 411. The lowest BCUT2D eigenvalue weighted by Crippen LogP contribution is -2.33. The summed E-state index contributed by atoms with van der Waals surface area (Å²) < 4.78 is 0. The zero-order chi connectivity index (χ0) is 14.3. The lowest BCUT2D eigenvalue weighted by atomic mass is 10.2. The van der Waals surface area contributed by atoms with Crippen molar-refractivity contribution in [3.05, 3.63) is 29.3 Å². The molecule has 106 valence electrons. The summed E-state index contributed by atoms with van der Waals surface area (Å²) in [5.74, 6) is 0.804. The Morgan fingerprint density at radius 2 is 1.79 bits per heavy atom.